The Morgan fingerprint density at radius 1 is 1.09 bits per heavy atom. The molecule has 1 fully saturated rings. The van der Waals surface area contributed by atoms with E-state index < -0.39 is 10.0 Å². The Balaban J connectivity index is 1.58. The van der Waals surface area contributed by atoms with Gasteiger partial charge in [0.15, 0.2) is 5.65 Å². The highest BCUT2D eigenvalue weighted by Gasteiger charge is 2.29. The van der Waals surface area contributed by atoms with Gasteiger partial charge in [-0.3, -0.25) is 4.79 Å². The molecule has 9 heteroatoms. The Labute approximate surface area is 185 Å². The number of carbonyl (C=O) groups excluding carboxylic acids is 1. The molecule has 8 nitrogen and oxygen atoms in total. The van der Waals surface area contributed by atoms with Crippen molar-refractivity contribution in [3.8, 4) is 5.69 Å². The maximum absolute atomic E-state index is 13.3. The highest BCUT2D eigenvalue weighted by molar-refractivity contribution is 7.89. The first-order valence-corrected chi connectivity index (χ1v) is 11.8. The third-order valence-corrected chi connectivity index (χ3v) is 6.44. The van der Waals surface area contributed by atoms with E-state index in [1.54, 1.807) is 4.68 Å². The van der Waals surface area contributed by atoms with E-state index in [0.29, 0.717) is 33.9 Å². The first kappa shape index (κ1) is 20.3. The Morgan fingerprint density at radius 2 is 1.78 bits per heavy atom. The number of para-hydroxylation sites is 1. The minimum atomic E-state index is -3.80. The lowest BCUT2D eigenvalue weighted by Gasteiger charge is -2.10. The van der Waals surface area contributed by atoms with Crippen molar-refractivity contribution in [1.29, 1.82) is 0 Å². The number of hydrogen-bond acceptors (Lipinski definition) is 5. The topological polar surface area (TPSA) is 120 Å². The predicted molar refractivity (Wildman–Crippen MR) is 121 cm³/mol. The number of rotatable bonds is 5. The molecule has 0 saturated heterocycles. The van der Waals surface area contributed by atoms with Crippen LogP contribution in [0.25, 0.3) is 16.7 Å². The summed E-state index contributed by atoms with van der Waals surface area (Å²) in [5.74, 6) is 0.0396. The number of aromatic nitrogens is 3. The number of nitrogens with two attached hydrogens (primary N) is 1. The van der Waals surface area contributed by atoms with Crippen molar-refractivity contribution in [1.82, 2.24) is 14.8 Å². The minimum Gasteiger partial charge on any atom is -0.322 e. The maximum Gasteiger partial charge on any atom is 0.256 e. The number of anilines is 1. The van der Waals surface area contributed by atoms with Gasteiger partial charge in [-0.2, -0.15) is 5.10 Å². The molecule has 32 heavy (non-hydrogen) atoms. The molecule has 1 aliphatic rings. The molecule has 0 bridgehead atoms. The summed E-state index contributed by atoms with van der Waals surface area (Å²) >= 11 is 0. The average Bonchev–Trinajstić information content (AvgIpc) is 3.57. The van der Waals surface area contributed by atoms with Gasteiger partial charge in [0.2, 0.25) is 10.0 Å². The van der Waals surface area contributed by atoms with E-state index in [-0.39, 0.29) is 10.8 Å². The van der Waals surface area contributed by atoms with E-state index in [0.717, 1.165) is 24.2 Å². The van der Waals surface area contributed by atoms with Gasteiger partial charge in [-0.05, 0) is 62.2 Å². The van der Waals surface area contributed by atoms with Gasteiger partial charge in [0.25, 0.3) is 5.91 Å². The van der Waals surface area contributed by atoms with Crippen molar-refractivity contribution in [2.75, 3.05) is 5.32 Å². The van der Waals surface area contributed by atoms with Gasteiger partial charge >= 0.3 is 0 Å². The second-order valence-corrected chi connectivity index (χ2v) is 9.49. The molecule has 0 radical (unpaired) electrons. The van der Waals surface area contributed by atoms with Crippen molar-refractivity contribution in [2.24, 2.45) is 5.14 Å². The van der Waals surface area contributed by atoms with Crippen LogP contribution in [0.4, 0.5) is 5.69 Å². The van der Waals surface area contributed by atoms with Crippen LogP contribution in [0.3, 0.4) is 0 Å². The quantitative estimate of drug-likeness (QED) is 0.485. The normalized spacial score (nSPS) is 13.9. The number of sulfonamides is 1. The van der Waals surface area contributed by atoms with E-state index in [1.807, 2.05) is 43.3 Å². The second-order valence-electron chi connectivity index (χ2n) is 7.92. The van der Waals surface area contributed by atoms with Crippen molar-refractivity contribution in [3.05, 3.63) is 77.6 Å². The zero-order chi connectivity index (χ0) is 22.5. The highest BCUT2D eigenvalue weighted by Crippen LogP contribution is 2.40. The fourth-order valence-electron chi connectivity index (χ4n) is 3.75. The number of primary sulfonamides is 1. The lowest BCUT2D eigenvalue weighted by Crippen LogP contribution is -2.15. The standard InChI is InChI=1S/C23H21N5O3S/c1-14-21-19(23(29)25-16-9-11-18(12-10-16)32(24,30)31)13-20(15-7-8-15)26-22(21)28(27-14)17-5-3-2-4-6-17/h2-6,9-13,15H,7-8H2,1H3,(H,25,29)(H2,24,30,31). The molecule has 2 heterocycles. The van der Waals surface area contributed by atoms with Crippen LogP contribution in [0, 0.1) is 6.92 Å². The Bertz CT molecular complexity index is 1440. The number of benzene rings is 2. The summed E-state index contributed by atoms with van der Waals surface area (Å²) in [7, 11) is -3.80. The molecule has 0 unspecified atom stereocenters. The molecular formula is C23H21N5O3S. The first-order chi connectivity index (χ1) is 15.3. The van der Waals surface area contributed by atoms with Crippen LogP contribution < -0.4 is 10.5 Å². The van der Waals surface area contributed by atoms with Gasteiger partial charge in [-0.15, -0.1) is 0 Å². The number of fused-ring (bicyclic) bond motifs is 1. The average molecular weight is 448 g/mol. The fourth-order valence-corrected chi connectivity index (χ4v) is 4.27. The molecule has 162 valence electrons. The molecule has 1 saturated carbocycles. The van der Waals surface area contributed by atoms with Crippen LogP contribution in [0.15, 0.2) is 65.6 Å². The molecule has 2 aromatic carbocycles. The summed E-state index contributed by atoms with van der Waals surface area (Å²) in [4.78, 5) is 18.1. The van der Waals surface area contributed by atoms with Crippen molar-refractivity contribution in [2.45, 2.75) is 30.6 Å². The first-order valence-electron chi connectivity index (χ1n) is 10.2. The van der Waals surface area contributed by atoms with Gasteiger partial charge in [0.05, 0.1) is 27.2 Å². The Morgan fingerprint density at radius 3 is 2.41 bits per heavy atom. The maximum atomic E-state index is 13.3. The largest absolute Gasteiger partial charge is 0.322 e. The molecule has 0 aliphatic heterocycles. The summed E-state index contributed by atoms with van der Waals surface area (Å²) in [6.07, 6.45) is 2.10. The number of pyridine rings is 1. The van der Waals surface area contributed by atoms with E-state index in [1.165, 1.54) is 24.3 Å². The monoisotopic (exact) mass is 447 g/mol. The Kier molecular flexibility index (Phi) is 4.79. The van der Waals surface area contributed by atoms with Crippen LogP contribution in [-0.2, 0) is 10.0 Å². The molecule has 2 aromatic heterocycles. The highest BCUT2D eigenvalue weighted by atomic mass is 32.2. The van der Waals surface area contributed by atoms with Crippen LogP contribution >= 0.6 is 0 Å². The van der Waals surface area contributed by atoms with Crippen molar-refractivity contribution >= 4 is 32.7 Å². The molecule has 1 aliphatic carbocycles. The lowest BCUT2D eigenvalue weighted by molar-refractivity contribution is 0.102. The molecule has 0 atom stereocenters. The summed E-state index contributed by atoms with van der Waals surface area (Å²) < 4.78 is 24.7. The fraction of sp³-hybridized carbons (Fsp3) is 0.174. The van der Waals surface area contributed by atoms with Crippen LogP contribution in [0.2, 0.25) is 0 Å². The van der Waals surface area contributed by atoms with E-state index >= 15 is 0 Å². The zero-order valence-corrected chi connectivity index (χ0v) is 18.1. The summed E-state index contributed by atoms with van der Waals surface area (Å²) in [5.41, 5.74) is 4.06. The number of amides is 1. The molecular weight excluding hydrogens is 426 g/mol. The minimum absolute atomic E-state index is 0.0159. The molecule has 1 amide bonds. The third-order valence-electron chi connectivity index (χ3n) is 5.51. The van der Waals surface area contributed by atoms with Crippen LogP contribution in [-0.4, -0.2) is 29.1 Å². The summed E-state index contributed by atoms with van der Waals surface area (Å²) in [6.45, 7) is 1.86. The lowest BCUT2D eigenvalue weighted by atomic mass is 10.1. The number of hydrogen-bond donors (Lipinski definition) is 2. The zero-order valence-electron chi connectivity index (χ0n) is 17.3. The van der Waals surface area contributed by atoms with E-state index in [9.17, 15) is 13.2 Å². The second kappa shape index (κ2) is 7.54. The van der Waals surface area contributed by atoms with Crippen molar-refractivity contribution in [3.63, 3.8) is 0 Å². The van der Waals surface area contributed by atoms with Crippen LogP contribution in [0.5, 0.6) is 0 Å². The van der Waals surface area contributed by atoms with E-state index in [2.05, 4.69) is 10.4 Å². The van der Waals surface area contributed by atoms with Gasteiger partial charge in [0.1, 0.15) is 0 Å². The number of carbonyl (C=O) groups is 1. The molecule has 0 spiro atoms. The van der Waals surface area contributed by atoms with E-state index in [4.69, 9.17) is 10.1 Å². The summed E-state index contributed by atoms with van der Waals surface area (Å²) in [5, 5.41) is 13.4. The van der Waals surface area contributed by atoms with Gasteiger partial charge in [0, 0.05) is 17.3 Å². The van der Waals surface area contributed by atoms with Gasteiger partial charge in [-0.25, -0.2) is 23.2 Å². The predicted octanol–water partition coefficient (Wildman–Crippen LogP) is 3.51. The van der Waals surface area contributed by atoms with Crippen molar-refractivity contribution < 1.29 is 13.2 Å². The smallest absolute Gasteiger partial charge is 0.256 e. The van der Waals surface area contributed by atoms with Gasteiger partial charge < -0.3 is 5.32 Å². The number of nitrogens with one attached hydrogen (secondary N) is 1. The number of aryl methyl sites for hydroxylation is 1. The Hall–Kier alpha value is -3.56. The summed E-state index contributed by atoms with van der Waals surface area (Å²) in [6, 6.07) is 17.3. The third kappa shape index (κ3) is 3.76. The SMILES string of the molecule is Cc1nn(-c2ccccc2)c2nc(C3CC3)cc(C(=O)Nc3ccc(S(N)(=O)=O)cc3)c12. The van der Waals surface area contributed by atoms with Crippen LogP contribution in [0.1, 0.15) is 40.5 Å². The molecule has 5 rings (SSSR count). The molecule has 4 aromatic rings. The van der Waals surface area contributed by atoms with Gasteiger partial charge in [-0.1, -0.05) is 18.2 Å². The number of nitrogens with zero attached hydrogens (tertiary/aromatic N) is 3. The molecule has 3 N–H and O–H groups in total.